The van der Waals surface area contributed by atoms with Crippen LogP contribution in [0, 0.1) is 23.7 Å². The minimum Gasteiger partial charge on any atom is -0.480 e. The van der Waals surface area contributed by atoms with Crippen molar-refractivity contribution in [1.29, 1.82) is 0 Å². The van der Waals surface area contributed by atoms with E-state index in [1.807, 2.05) is 50.3 Å². The Balaban J connectivity index is 2.71. The molecule has 0 aliphatic carbocycles. The van der Waals surface area contributed by atoms with E-state index in [1.54, 1.807) is 27.0 Å². The molecule has 1 aliphatic heterocycles. The van der Waals surface area contributed by atoms with Crippen LogP contribution in [0.5, 0.6) is 0 Å². The molecule has 0 radical (unpaired) electrons. The number of carbonyl (C=O) groups is 9. The van der Waals surface area contributed by atoms with Crippen molar-refractivity contribution in [3.05, 3.63) is 72.0 Å². The molecule has 1 aliphatic rings. The van der Waals surface area contributed by atoms with Gasteiger partial charge in [-0.15, -0.1) is 0 Å². The predicted octanol–water partition coefficient (Wildman–Crippen LogP) is 0.666. The maximum Gasteiger partial charge on any atom is 0.327 e. The van der Waals surface area contributed by atoms with Gasteiger partial charge in [0.2, 0.25) is 35.4 Å². The van der Waals surface area contributed by atoms with Crippen molar-refractivity contribution < 1.29 is 58.1 Å². The zero-order chi connectivity index (χ0) is 53.5. The van der Waals surface area contributed by atoms with Crippen LogP contribution >= 0.6 is 0 Å². The molecule has 7 amide bonds. The molecule has 0 bridgehead atoms. The normalized spacial score (nSPS) is 25.5. The number of carboxylic acids is 2. The minimum atomic E-state index is -1.88. The lowest BCUT2D eigenvalue weighted by Crippen LogP contribution is -2.59. The SMILES string of the molecule is C=C1NC(=O)CC[C@H](C(=O)O)NC(=O)[C@@H](C)[C@H](/C=C/C(C)=C/[C@H](C)[C@H](Cc2ccccc2)OC)NC(=O)[C@H](CCCN=C(N)N)NC(=O)[C@@H](C)[C@H](C(=O)O)NC(=O)[C@H](CC(C)CC)NC(=O)[C@@H](C)NC1=O. The number of methoxy groups -OCH3 is 1. The summed E-state index contributed by atoms with van der Waals surface area (Å²) in [7, 11) is 1.61. The Bertz CT molecular complexity index is 2140. The highest BCUT2D eigenvalue weighted by Gasteiger charge is 2.37. The fourth-order valence-electron chi connectivity index (χ4n) is 7.38. The first-order chi connectivity index (χ1) is 33.4. The minimum absolute atomic E-state index is 0.0245. The van der Waals surface area contributed by atoms with Gasteiger partial charge < -0.3 is 63.6 Å². The maximum atomic E-state index is 14.4. The van der Waals surface area contributed by atoms with Crippen LogP contribution in [0.4, 0.5) is 0 Å². The van der Waals surface area contributed by atoms with Crippen molar-refractivity contribution in [3.63, 3.8) is 0 Å². The summed E-state index contributed by atoms with van der Waals surface area (Å²) in [6.45, 7) is 14.9. The second kappa shape index (κ2) is 29.8. The van der Waals surface area contributed by atoms with Crippen LogP contribution in [0.2, 0.25) is 0 Å². The number of hydrogen-bond acceptors (Lipinski definition) is 11. The summed E-state index contributed by atoms with van der Waals surface area (Å²) >= 11 is 0. The third kappa shape index (κ3) is 20.8. The van der Waals surface area contributed by atoms with Crippen molar-refractivity contribution in [2.45, 2.75) is 136 Å². The molecular formula is C49H74N10O12. The lowest BCUT2D eigenvalue weighted by Gasteiger charge is -2.29. The van der Waals surface area contributed by atoms with Crippen LogP contribution in [0.15, 0.2) is 71.4 Å². The number of rotatable bonds is 16. The van der Waals surface area contributed by atoms with Gasteiger partial charge >= 0.3 is 11.9 Å². The molecule has 71 heavy (non-hydrogen) atoms. The number of aliphatic imine (C=N–C) groups is 1. The Kier molecular flexibility index (Phi) is 25.2. The molecule has 1 saturated heterocycles. The standard InChI is InChI=1S/C49H74N10O12/c1-10-26(2)24-37-46(66)59-40(48(69)70)30(6)42(62)56-35(17-14-22-52-49(50)51)45(65)55-34(19-18-27(3)23-28(4)38(71-9)25-33-15-12-11-13-16-33)29(5)41(61)57-36(47(67)68)20-21-39(60)53-31(7)43(63)54-32(8)44(64)58-37/h11-13,15-16,18-19,23,26,28-30,32,34-38,40H,7,10,14,17,20-22,24-25H2,1-6,8-9H3,(H,53,60)(H,54,63)(H,55,65)(H,56,62)(H,57,61)(H,58,64)(H,59,66)(H,67,68)(H,69,70)(H4,50,51,52)/b19-18+,27-23+/t26?,28-,29-,30-,32+,34-,35-,36+,37-,38-,40+/m0/s1. The van der Waals surface area contributed by atoms with E-state index in [2.05, 4.69) is 48.8 Å². The fourth-order valence-corrected chi connectivity index (χ4v) is 7.38. The number of nitrogens with two attached hydrogens (primary N) is 2. The number of allylic oxidation sites excluding steroid dienone is 2. The number of carboxylic acid groups (broad SMARTS) is 2. The molecule has 22 nitrogen and oxygen atoms in total. The number of guanidine groups is 1. The van der Waals surface area contributed by atoms with Crippen molar-refractivity contribution in [1.82, 2.24) is 37.2 Å². The van der Waals surface area contributed by atoms with Crippen molar-refractivity contribution >= 4 is 59.2 Å². The number of carbonyl (C=O) groups excluding carboxylic acids is 7. The summed E-state index contributed by atoms with van der Waals surface area (Å²) in [4.78, 5) is 124. The summed E-state index contributed by atoms with van der Waals surface area (Å²) in [5.74, 6) is -12.6. The lowest BCUT2D eigenvalue weighted by atomic mass is 9.94. The van der Waals surface area contributed by atoms with Crippen LogP contribution in [-0.2, 0) is 54.3 Å². The van der Waals surface area contributed by atoms with E-state index in [9.17, 15) is 53.4 Å². The van der Waals surface area contributed by atoms with Gasteiger partial charge in [0, 0.05) is 26.0 Å². The van der Waals surface area contributed by atoms with E-state index < -0.39 is 120 Å². The summed E-state index contributed by atoms with van der Waals surface area (Å²) < 4.78 is 5.81. The monoisotopic (exact) mass is 995 g/mol. The van der Waals surface area contributed by atoms with Crippen molar-refractivity contribution in [2.75, 3.05) is 13.7 Å². The first kappa shape index (κ1) is 60.0. The number of ether oxygens (including phenoxy) is 1. The average molecular weight is 995 g/mol. The topological polar surface area (TPSA) is 352 Å². The molecule has 22 heteroatoms. The van der Waals surface area contributed by atoms with E-state index in [4.69, 9.17) is 16.2 Å². The molecule has 1 aromatic rings. The molecule has 1 heterocycles. The highest BCUT2D eigenvalue weighted by atomic mass is 16.5. The van der Waals surface area contributed by atoms with Gasteiger partial charge in [-0.05, 0) is 57.4 Å². The second-order valence-electron chi connectivity index (χ2n) is 18.0. The zero-order valence-electron chi connectivity index (χ0n) is 41.9. The molecule has 13 N–H and O–H groups in total. The summed E-state index contributed by atoms with van der Waals surface area (Å²) in [6, 6.07) is 0.997. The first-order valence-electron chi connectivity index (χ1n) is 23.6. The fraction of sp³-hybridized carbons (Fsp3) is 0.551. The summed E-state index contributed by atoms with van der Waals surface area (Å²) in [5.41, 5.74) is 12.3. The van der Waals surface area contributed by atoms with Gasteiger partial charge in [0.05, 0.1) is 29.7 Å². The molecule has 1 unspecified atom stereocenters. The number of nitrogens with zero attached hydrogens (tertiary/aromatic N) is 1. The Morgan fingerprint density at radius 1 is 0.845 bits per heavy atom. The van der Waals surface area contributed by atoms with Crippen LogP contribution in [-0.4, -0.2) is 125 Å². The third-order valence-corrected chi connectivity index (χ3v) is 12.1. The van der Waals surface area contributed by atoms with Gasteiger partial charge in [0.1, 0.15) is 30.2 Å². The van der Waals surface area contributed by atoms with Crippen LogP contribution < -0.4 is 48.7 Å². The van der Waals surface area contributed by atoms with Crippen LogP contribution in [0.1, 0.15) is 92.6 Å². The molecule has 1 fully saturated rings. The van der Waals surface area contributed by atoms with Crippen LogP contribution in [0.25, 0.3) is 0 Å². The number of hydrogen-bond donors (Lipinski definition) is 11. The van der Waals surface area contributed by atoms with Crippen molar-refractivity contribution in [2.24, 2.45) is 40.1 Å². The van der Waals surface area contributed by atoms with Gasteiger partial charge in [0.15, 0.2) is 5.96 Å². The number of aliphatic carboxylic acids is 2. The quantitative estimate of drug-likeness (QED) is 0.0357. The molecule has 2 rings (SSSR count). The predicted molar refractivity (Wildman–Crippen MR) is 264 cm³/mol. The molecular weight excluding hydrogens is 921 g/mol. The van der Waals surface area contributed by atoms with E-state index in [-0.39, 0.29) is 49.7 Å². The zero-order valence-corrected chi connectivity index (χ0v) is 41.9. The lowest BCUT2D eigenvalue weighted by molar-refractivity contribution is -0.146. The molecule has 0 saturated carbocycles. The Morgan fingerprint density at radius 3 is 2.06 bits per heavy atom. The van der Waals surface area contributed by atoms with Gasteiger partial charge in [0.25, 0.3) is 5.91 Å². The highest BCUT2D eigenvalue weighted by Crippen LogP contribution is 2.19. The largest absolute Gasteiger partial charge is 0.480 e. The van der Waals surface area contributed by atoms with Crippen LogP contribution in [0.3, 0.4) is 0 Å². The number of benzene rings is 1. The summed E-state index contributed by atoms with van der Waals surface area (Å²) in [5, 5.41) is 37.7. The number of amides is 7. The van der Waals surface area contributed by atoms with E-state index >= 15 is 0 Å². The third-order valence-electron chi connectivity index (χ3n) is 12.1. The molecule has 0 spiro atoms. The van der Waals surface area contributed by atoms with E-state index in [1.165, 1.54) is 26.8 Å². The molecule has 1 aromatic carbocycles. The Labute approximate surface area is 415 Å². The first-order valence-corrected chi connectivity index (χ1v) is 23.6. The number of nitrogens with one attached hydrogen (secondary N) is 7. The maximum absolute atomic E-state index is 14.4. The molecule has 0 aromatic heterocycles. The summed E-state index contributed by atoms with van der Waals surface area (Å²) in [6.07, 6.45) is 5.18. The van der Waals surface area contributed by atoms with E-state index in [0.29, 0.717) is 18.4 Å². The Morgan fingerprint density at radius 2 is 1.46 bits per heavy atom. The average Bonchev–Trinajstić information content (AvgIpc) is 3.31. The Hall–Kier alpha value is -7.10. The van der Waals surface area contributed by atoms with Gasteiger partial charge in [-0.2, -0.15) is 0 Å². The van der Waals surface area contributed by atoms with Crippen molar-refractivity contribution in [3.8, 4) is 0 Å². The van der Waals surface area contributed by atoms with Gasteiger partial charge in [-0.3, -0.25) is 38.6 Å². The van der Waals surface area contributed by atoms with Gasteiger partial charge in [-0.1, -0.05) is 102 Å². The van der Waals surface area contributed by atoms with E-state index in [0.717, 1.165) is 5.56 Å². The molecule has 392 valence electrons. The molecule has 11 atom stereocenters. The van der Waals surface area contributed by atoms with Gasteiger partial charge in [-0.25, -0.2) is 9.59 Å². The second-order valence-corrected chi connectivity index (χ2v) is 18.0. The smallest absolute Gasteiger partial charge is 0.327 e. The highest BCUT2D eigenvalue weighted by molar-refractivity contribution is 6.00.